The molecule has 1 aromatic heterocycles. The molecule has 0 unspecified atom stereocenters. The van der Waals surface area contributed by atoms with Gasteiger partial charge in [0.1, 0.15) is 5.69 Å². The van der Waals surface area contributed by atoms with Gasteiger partial charge in [-0.1, -0.05) is 18.2 Å². The van der Waals surface area contributed by atoms with E-state index in [0.29, 0.717) is 18.8 Å². The van der Waals surface area contributed by atoms with Gasteiger partial charge in [-0.05, 0) is 52.7 Å². The number of urea groups is 1. The zero-order valence-electron chi connectivity index (χ0n) is 20.6. The quantitative estimate of drug-likeness (QED) is 0.538. The van der Waals surface area contributed by atoms with E-state index >= 15 is 0 Å². The lowest BCUT2D eigenvalue weighted by Crippen LogP contribution is -2.64. The molecule has 3 heterocycles. The van der Waals surface area contributed by atoms with E-state index in [1.807, 2.05) is 30.3 Å². The van der Waals surface area contributed by atoms with Crippen molar-refractivity contribution in [2.24, 2.45) is 0 Å². The number of carboxylic acid groups (broad SMARTS) is 1. The summed E-state index contributed by atoms with van der Waals surface area (Å²) in [6.45, 7) is 9.65. The molecule has 2 aromatic rings. The van der Waals surface area contributed by atoms with E-state index in [-0.39, 0.29) is 34.9 Å². The topological polar surface area (TPSA) is 99.5 Å². The number of rotatable bonds is 3. The van der Waals surface area contributed by atoms with E-state index in [1.54, 1.807) is 9.58 Å². The molecule has 0 bridgehead atoms. The van der Waals surface area contributed by atoms with Gasteiger partial charge in [-0.3, -0.25) is 0 Å². The van der Waals surface area contributed by atoms with E-state index in [9.17, 15) is 22.4 Å². The SMILES string of the molecule is CC1(C)CC(NC(=O)N2CC(c3nn(-c4ccccc4)cc3F)C2)CC(C)(C)N1.O=C(O)C(F)(F)F. The summed E-state index contributed by atoms with van der Waals surface area (Å²) in [6.07, 6.45) is -1.91. The van der Waals surface area contributed by atoms with Crippen LogP contribution in [0.4, 0.5) is 22.4 Å². The minimum atomic E-state index is -5.08. The highest BCUT2D eigenvalue weighted by Crippen LogP contribution is 2.31. The van der Waals surface area contributed by atoms with Crippen molar-refractivity contribution in [1.29, 1.82) is 0 Å². The first kappa shape index (κ1) is 27.4. The van der Waals surface area contributed by atoms with Crippen LogP contribution in [0.2, 0.25) is 0 Å². The van der Waals surface area contributed by atoms with Crippen LogP contribution in [0.15, 0.2) is 36.5 Å². The van der Waals surface area contributed by atoms with Gasteiger partial charge < -0.3 is 20.6 Å². The van der Waals surface area contributed by atoms with E-state index < -0.39 is 12.1 Å². The number of carbonyl (C=O) groups is 2. The molecule has 36 heavy (non-hydrogen) atoms. The first-order chi connectivity index (χ1) is 16.6. The monoisotopic (exact) mass is 513 g/mol. The molecule has 2 saturated heterocycles. The second-order valence-corrected chi connectivity index (χ2v) is 10.5. The lowest BCUT2D eigenvalue weighted by atomic mass is 9.79. The van der Waals surface area contributed by atoms with Crippen LogP contribution < -0.4 is 10.6 Å². The Labute approximate surface area is 206 Å². The Morgan fingerprint density at radius 3 is 2.11 bits per heavy atom. The Bertz CT molecular complexity index is 1060. The molecular formula is C24H31F4N5O3. The van der Waals surface area contributed by atoms with Crippen LogP contribution in [-0.4, -0.2) is 68.2 Å². The first-order valence-electron chi connectivity index (χ1n) is 11.5. The molecule has 8 nitrogen and oxygen atoms in total. The summed E-state index contributed by atoms with van der Waals surface area (Å²) in [6, 6.07) is 9.54. The van der Waals surface area contributed by atoms with Crippen LogP contribution in [0.1, 0.15) is 52.1 Å². The molecule has 2 amide bonds. The summed E-state index contributed by atoms with van der Waals surface area (Å²) in [7, 11) is 0. The van der Waals surface area contributed by atoms with E-state index in [4.69, 9.17) is 9.90 Å². The number of aliphatic carboxylic acids is 1. The number of benzene rings is 1. The Hall–Kier alpha value is -3.15. The molecule has 1 aromatic carbocycles. The van der Waals surface area contributed by atoms with Crippen molar-refractivity contribution in [3.63, 3.8) is 0 Å². The molecule has 2 aliphatic heterocycles. The molecule has 3 N–H and O–H groups in total. The second kappa shape index (κ2) is 10.1. The first-order valence-corrected chi connectivity index (χ1v) is 11.5. The van der Waals surface area contributed by atoms with Crippen LogP contribution in [0.3, 0.4) is 0 Å². The lowest BCUT2D eigenvalue weighted by Gasteiger charge is -2.47. The number of aromatic nitrogens is 2. The molecule has 12 heteroatoms. The minimum Gasteiger partial charge on any atom is -0.475 e. The van der Waals surface area contributed by atoms with E-state index in [2.05, 4.69) is 43.4 Å². The van der Waals surface area contributed by atoms with Crippen LogP contribution in [0.25, 0.3) is 5.69 Å². The van der Waals surface area contributed by atoms with Gasteiger partial charge in [-0.25, -0.2) is 18.7 Å². The van der Waals surface area contributed by atoms with Gasteiger partial charge >= 0.3 is 18.2 Å². The predicted molar refractivity (Wildman–Crippen MR) is 124 cm³/mol. The van der Waals surface area contributed by atoms with Crippen molar-refractivity contribution in [3.8, 4) is 5.69 Å². The average molecular weight is 514 g/mol. The van der Waals surface area contributed by atoms with Crippen molar-refractivity contribution < 1.29 is 32.3 Å². The fraction of sp³-hybridized carbons (Fsp3) is 0.542. The molecule has 0 atom stereocenters. The third kappa shape index (κ3) is 6.96. The van der Waals surface area contributed by atoms with Crippen molar-refractivity contribution in [1.82, 2.24) is 25.3 Å². The van der Waals surface area contributed by atoms with Crippen LogP contribution in [0.5, 0.6) is 0 Å². The maximum absolute atomic E-state index is 14.4. The summed E-state index contributed by atoms with van der Waals surface area (Å²) in [5.74, 6) is -3.14. The number of hydrogen-bond acceptors (Lipinski definition) is 4. The number of carboxylic acids is 1. The predicted octanol–water partition coefficient (Wildman–Crippen LogP) is 4.06. The maximum atomic E-state index is 14.4. The Morgan fingerprint density at radius 1 is 1.08 bits per heavy atom. The Kier molecular flexibility index (Phi) is 7.68. The highest BCUT2D eigenvalue weighted by Gasteiger charge is 2.41. The summed E-state index contributed by atoms with van der Waals surface area (Å²) in [5, 5.41) is 18.4. The van der Waals surface area contributed by atoms with Crippen molar-refractivity contribution in [2.75, 3.05) is 13.1 Å². The summed E-state index contributed by atoms with van der Waals surface area (Å²) < 4.78 is 47.7. The number of halogens is 4. The third-order valence-corrected chi connectivity index (χ3v) is 6.03. The lowest BCUT2D eigenvalue weighted by molar-refractivity contribution is -0.192. The number of likely N-dealkylation sites (tertiary alicyclic amines) is 1. The number of para-hydroxylation sites is 1. The normalized spacial score (nSPS) is 19.6. The molecule has 198 valence electrons. The third-order valence-electron chi connectivity index (χ3n) is 6.03. The smallest absolute Gasteiger partial charge is 0.475 e. The highest BCUT2D eigenvalue weighted by atomic mass is 19.4. The van der Waals surface area contributed by atoms with Crippen LogP contribution in [0, 0.1) is 5.82 Å². The molecule has 0 spiro atoms. The fourth-order valence-corrected chi connectivity index (χ4v) is 4.86. The van der Waals surface area contributed by atoms with Crippen LogP contribution >= 0.6 is 0 Å². The summed E-state index contributed by atoms with van der Waals surface area (Å²) >= 11 is 0. The molecule has 2 aliphatic rings. The molecule has 0 radical (unpaired) electrons. The van der Waals surface area contributed by atoms with E-state index in [0.717, 1.165) is 18.5 Å². The van der Waals surface area contributed by atoms with Crippen molar-refractivity contribution in [3.05, 3.63) is 48.0 Å². The molecule has 2 fully saturated rings. The number of amides is 2. The minimum absolute atomic E-state index is 0.0232. The van der Waals surface area contributed by atoms with Gasteiger partial charge in [0, 0.05) is 36.1 Å². The average Bonchev–Trinajstić information content (AvgIpc) is 3.06. The number of hydrogen-bond donors (Lipinski definition) is 3. The maximum Gasteiger partial charge on any atom is 0.490 e. The van der Waals surface area contributed by atoms with Gasteiger partial charge in [0.05, 0.1) is 11.9 Å². The number of carbonyl (C=O) groups excluding carboxylic acids is 1. The zero-order valence-corrected chi connectivity index (χ0v) is 20.6. The van der Waals surface area contributed by atoms with Gasteiger partial charge in [-0.15, -0.1) is 0 Å². The van der Waals surface area contributed by atoms with Gasteiger partial charge in [-0.2, -0.15) is 18.3 Å². The Balaban J connectivity index is 0.000000454. The summed E-state index contributed by atoms with van der Waals surface area (Å²) in [4.78, 5) is 23.3. The molecule has 0 aliphatic carbocycles. The van der Waals surface area contributed by atoms with Crippen molar-refractivity contribution >= 4 is 12.0 Å². The summed E-state index contributed by atoms with van der Waals surface area (Å²) in [5.41, 5.74) is 1.21. The van der Waals surface area contributed by atoms with Gasteiger partial charge in [0.15, 0.2) is 5.82 Å². The fourth-order valence-electron chi connectivity index (χ4n) is 4.86. The van der Waals surface area contributed by atoms with Crippen LogP contribution in [-0.2, 0) is 4.79 Å². The molecule has 4 rings (SSSR count). The standard InChI is InChI=1S/C22H30FN5O.C2HF3O2/c1-21(2)10-16(11-22(3,4)26-21)24-20(29)27-12-15(13-27)19-18(23)14-28(25-19)17-8-6-5-7-9-17;3-2(4,5)1(6)7/h5-9,14-16,26H,10-13H2,1-4H3,(H,24,29);(H,6,7). The van der Waals surface area contributed by atoms with E-state index in [1.165, 1.54) is 6.20 Å². The number of nitrogens with one attached hydrogen (secondary N) is 2. The molecule has 0 saturated carbocycles. The Morgan fingerprint density at radius 2 is 1.61 bits per heavy atom. The zero-order chi connectivity index (χ0) is 26.9. The largest absolute Gasteiger partial charge is 0.490 e. The number of nitrogens with zero attached hydrogens (tertiary/aromatic N) is 3. The van der Waals surface area contributed by atoms with Crippen molar-refractivity contribution in [2.45, 2.75) is 69.8 Å². The highest BCUT2D eigenvalue weighted by molar-refractivity contribution is 5.75. The second-order valence-electron chi connectivity index (χ2n) is 10.5. The number of piperidine rings is 1. The molecular weight excluding hydrogens is 482 g/mol. The van der Waals surface area contributed by atoms with Gasteiger partial charge in [0.25, 0.3) is 0 Å². The van der Waals surface area contributed by atoms with Gasteiger partial charge in [0.2, 0.25) is 0 Å². The number of alkyl halides is 3.